The molecule has 126 valence electrons. The van der Waals surface area contributed by atoms with E-state index >= 15 is 0 Å². The van der Waals surface area contributed by atoms with Gasteiger partial charge in [-0.25, -0.2) is 0 Å². The quantitative estimate of drug-likeness (QED) is 0.604. The van der Waals surface area contributed by atoms with Gasteiger partial charge in [0.1, 0.15) is 0 Å². The van der Waals surface area contributed by atoms with E-state index in [-0.39, 0.29) is 0 Å². The molecule has 0 bridgehead atoms. The minimum atomic E-state index is -2.83. The molecule has 0 N–H and O–H groups in total. The molecule has 0 spiro atoms. The first-order valence-electron chi connectivity index (χ1n) is 9.01. The van der Waals surface area contributed by atoms with E-state index in [2.05, 4.69) is 31.2 Å². The van der Waals surface area contributed by atoms with Gasteiger partial charge in [-0.2, -0.15) is 0 Å². The van der Waals surface area contributed by atoms with Gasteiger partial charge in [-0.1, -0.05) is 91.9 Å². The van der Waals surface area contributed by atoms with Crippen LogP contribution in [0, 0.1) is 5.92 Å². The molecule has 1 unspecified atom stereocenters. The minimum absolute atomic E-state index is 0.599. The largest absolute Gasteiger partial charge is 0.309 e. The Kier molecular flexibility index (Phi) is 4.36. The lowest BCUT2D eigenvalue weighted by Crippen LogP contribution is -2.25. The van der Waals surface area contributed by atoms with Gasteiger partial charge in [0.15, 0.2) is 7.14 Å². The third-order valence-corrected chi connectivity index (χ3v) is 8.43. The van der Waals surface area contributed by atoms with E-state index in [1.165, 1.54) is 18.4 Å². The highest BCUT2D eigenvalue weighted by molar-refractivity contribution is 7.85. The van der Waals surface area contributed by atoms with Crippen LogP contribution in [0.25, 0.3) is 0 Å². The van der Waals surface area contributed by atoms with Crippen molar-refractivity contribution in [1.29, 1.82) is 0 Å². The standard InChI is InChI=1S/C23H23OP/c1-18(19-12-13-19)20-14-16-23(17-15-20)25(24,21-8-4-2-5-9-21)22-10-6-3-7-11-22/h2-11,14-19H,12-13H2,1H3. The lowest BCUT2D eigenvalue weighted by atomic mass is 9.97. The molecule has 1 saturated carbocycles. The molecule has 3 aromatic carbocycles. The van der Waals surface area contributed by atoms with Crippen molar-refractivity contribution in [2.45, 2.75) is 25.7 Å². The third-order valence-electron chi connectivity index (χ3n) is 5.35. The van der Waals surface area contributed by atoms with Crippen LogP contribution in [0.4, 0.5) is 0 Å². The third kappa shape index (κ3) is 3.10. The van der Waals surface area contributed by atoms with E-state index in [0.717, 1.165) is 21.8 Å². The Morgan fingerprint density at radius 3 is 1.60 bits per heavy atom. The summed E-state index contributed by atoms with van der Waals surface area (Å²) >= 11 is 0. The van der Waals surface area contributed by atoms with Gasteiger partial charge < -0.3 is 4.57 Å². The maximum Gasteiger partial charge on any atom is 0.171 e. The van der Waals surface area contributed by atoms with Gasteiger partial charge in [0, 0.05) is 15.9 Å². The summed E-state index contributed by atoms with van der Waals surface area (Å²) in [4.78, 5) is 0. The topological polar surface area (TPSA) is 17.1 Å². The van der Waals surface area contributed by atoms with E-state index < -0.39 is 7.14 Å². The van der Waals surface area contributed by atoms with Gasteiger partial charge in [-0.05, 0) is 30.2 Å². The second-order valence-corrected chi connectivity index (χ2v) is 9.77. The summed E-state index contributed by atoms with van der Waals surface area (Å²) in [5.41, 5.74) is 1.36. The van der Waals surface area contributed by atoms with Gasteiger partial charge in [-0.15, -0.1) is 0 Å². The van der Waals surface area contributed by atoms with Crippen molar-refractivity contribution in [3.8, 4) is 0 Å². The average molecular weight is 346 g/mol. The molecule has 2 heteroatoms. The van der Waals surface area contributed by atoms with Crippen LogP contribution in [-0.4, -0.2) is 0 Å². The molecule has 25 heavy (non-hydrogen) atoms. The average Bonchev–Trinajstić information content (AvgIpc) is 3.54. The van der Waals surface area contributed by atoms with Crippen LogP contribution >= 0.6 is 7.14 Å². The van der Waals surface area contributed by atoms with Crippen molar-refractivity contribution in [3.63, 3.8) is 0 Å². The van der Waals surface area contributed by atoms with Crippen LogP contribution in [0.2, 0.25) is 0 Å². The van der Waals surface area contributed by atoms with Crippen molar-refractivity contribution in [2.24, 2.45) is 5.92 Å². The van der Waals surface area contributed by atoms with Crippen molar-refractivity contribution in [3.05, 3.63) is 90.5 Å². The lowest BCUT2D eigenvalue weighted by Gasteiger charge is -2.21. The second kappa shape index (κ2) is 6.65. The van der Waals surface area contributed by atoms with E-state index in [0.29, 0.717) is 5.92 Å². The Hall–Kier alpha value is -2.11. The maximum absolute atomic E-state index is 14.2. The summed E-state index contributed by atoms with van der Waals surface area (Å²) in [6, 6.07) is 28.2. The summed E-state index contributed by atoms with van der Waals surface area (Å²) in [5, 5.41) is 2.70. The molecule has 1 nitrogen and oxygen atoms in total. The first-order chi connectivity index (χ1) is 12.2. The molecule has 0 radical (unpaired) electrons. The van der Waals surface area contributed by atoms with E-state index in [4.69, 9.17) is 0 Å². The highest BCUT2D eigenvalue weighted by Gasteiger charge is 2.31. The van der Waals surface area contributed by atoms with E-state index in [9.17, 15) is 4.57 Å². The van der Waals surface area contributed by atoms with Crippen LogP contribution in [0.3, 0.4) is 0 Å². The molecule has 4 rings (SSSR count). The first kappa shape index (κ1) is 16.4. The Morgan fingerprint density at radius 2 is 1.16 bits per heavy atom. The van der Waals surface area contributed by atoms with Crippen LogP contribution in [0.5, 0.6) is 0 Å². The fourth-order valence-corrected chi connectivity index (χ4v) is 6.23. The molecule has 0 heterocycles. The lowest BCUT2D eigenvalue weighted by molar-refractivity contribution is 0.592. The summed E-state index contributed by atoms with van der Waals surface area (Å²) in [5.74, 6) is 1.43. The first-order valence-corrected chi connectivity index (χ1v) is 10.7. The summed E-state index contributed by atoms with van der Waals surface area (Å²) in [6.07, 6.45) is 2.69. The summed E-state index contributed by atoms with van der Waals surface area (Å²) in [7, 11) is -2.83. The van der Waals surface area contributed by atoms with Gasteiger partial charge >= 0.3 is 0 Å². The molecule has 0 aromatic heterocycles. The molecule has 0 saturated heterocycles. The molecule has 1 aliphatic carbocycles. The van der Waals surface area contributed by atoms with Crippen LogP contribution in [-0.2, 0) is 4.57 Å². The van der Waals surface area contributed by atoms with Gasteiger partial charge in [0.25, 0.3) is 0 Å². The SMILES string of the molecule is CC(c1ccc(P(=O)(c2ccccc2)c2ccccc2)cc1)C1CC1. The normalized spacial score (nSPS) is 15.7. The number of hydrogen-bond donors (Lipinski definition) is 0. The zero-order chi connectivity index (χ0) is 17.3. The fourth-order valence-electron chi connectivity index (χ4n) is 3.58. The number of benzene rings is 3. The Labute approximate surface area is 150 Å². The summed E-state index contributed by atoms with van der Waals surface area (Å²) < 4.78 is 14.2. The summed E-state index contributed by atoms with van der Waals surface area (Å²) in [6.45, 7) is 2.31. The second-order valence-electron chi connectivity index (χ2n) is 7.00. The van der Waals surface area contributed by atoms with E-state index in [1.54, 1.807) is 0 Å². The number of hydrogen-bond acceptors (Lipinski definition) is 1. The predicted octanol–water partition coefficient (Wildman–Crippen LogP) is 4.84. The molecular formula is C23H23OP. The predicted molar refractivity (Wildman–Crippen MR) is 107 cm³/mol. The maximum atomic E-state index is 14.2. The Balaban J connectivity index is 1.80. The molecule has 1 atom stereocenters. The fraction of sp³-hybridized carbons (Fsp3) is 0.217. The number of rotatable bonds is 5. The van der Waals surface area contributed by atoms with Crippen molar-refractivity contribution < 1.29 is 4.57 Å². The molecule has 1 fully saturated rings. The Morgan fingerprint density at radius 1 is 0.720 bits per heavy atom. The minimum Gasteiger partial charge on any atom is -0.309 e. The highest BCUT2D eigenvalue weighted by Crippen LogP contribution is 2.44. The zero-order valence-corrected chi connectivity index (χ0v) is 15.4. The molecule has 0 aliphatic heterocycles. The van der Waals surface area contributed by atoms with Crippen molar-refractivity contribution in [2.75, 3.05) is 0 Å². The van der Waals surface area contributed by atoms with Gasteiger partial charge in [0.05, 0.1) is 0 Å². The molecule has 0 amide bonds. The van der Waals surface area contributed by atoms with Gasteiger partial charge in [-0.3, -0.25) is 0 Å². The Bertz CT molecular complexity index is 837. The van der Waals surface area contributed by atoms with Crippen LogP contribution < -0.4 is 15.9 Å². The molecular weight excluding hydrogens is 323 g/mol. The van der Waals surface area contributed by atoms with E-state index in [1.807, 2.05) is 60.7 Å². The van der Waals surface area contributed by atoms with Crippen LogP contribution in [0.15, 0.2) is 84.9 Å². The van der Waals surface area contributed by atoms with Crippen molar-refractivity contribution in [1.82, 2.24) is 0 Å². The smallest absolute Gasteiger partial charge is 0.171 e. The van der Waals surface area contributed by atoms with Crippen molar-refractivity contribution >= 4 is 23.1 Å². The monoisotopic (exact) mass is 346 g/mol. The highest BCUT2D eigenvalue weighted by atomic mass is 31.2. The van der Waals surface area contributed by atoms with Gasteiger partial charge in [0.2, 0.25) is 0 Å². The van der Waals surface area contributed by atoms with Crippen LogP contribution in [0.1, 0.15) is 31.2 Å². The zero-order valence-electron chi connectivity index (χ0n) is 14.5. The molecule has 3 aromatic rings. The molecule has 1 aliphatic rings.